The number of rotatable bonds is 8. The molecule has 18 heavy (non-hydrogen) atoms. The van der Waals surface area contributed by atoms with Gasteiger partial charge in [0.25, 0.3) is 0 Å². The molecule has 0 atom stereocenters. The zero-order chi connectivity index (χ0) is 13.2. The quantitative estimate of drug-likeness (QED) is 0.596. The van der Waals surface area contributed by atoms with E-state index < -0.39 is 0 Å². The fourth-order valence-electron chi connectivity index (χ4n) is 1.52. The monoisotopic (exact) mass is 252 g/mol. The summed E-state index contributed by atoms with van der Waals surface area (Å²) in [5.41, 5.74) is 0.897. The molecular weight excluding hydrogens is 232 g/mol. The summed E-state index contributed by atoms with van der Waals surface area (Å²) >= 11 is 0. The van der Waals surface area contributed by atoms with E-state index in [4.69, 9.17) is 0 Å². The Hall–Kier alpha value is -1.85. The summed E-state index contributed by atoms with van der Waals surface area (Å²) in [6, 6.07) is 1.83. The number of aromatic amines is 1. The summed E-state index contributed by atoms with van der Waals surface area (Å²) in [7, 11) is 0. The van der Waals surface area contributed by atoms with E-state index in [1.54, 1.807) is 6.20 Å². The Balaban J connectivity index is 1.95. The van der Waals surface area contributed by atoms with Crippen molar-refractivity contribution in [2.75, 3.05) is 6.54 Å². The second-order valence-electron chi connectivity index (χ2n) is 4.15. The third-order valence-electron chi connectivity index (χ3n) is 2.49. The minimum Gasteiger partial charge on any atom is -0.356 e. The van der Waals surface area contributed by atoms with Crippen molar-refractivity contribution in [1.82, 2.24) is 20.8 Å². The van der Waals surface area contributed by atoms with Crippen molar-refractivity contribution in [2.45, 2.75) is 39.2 Å². The lowest BCUT2D eigenvalue weighted by atomic mass is 10.2. The van der Waals surface area contributed by atoms with Crippen LogP contribution in [-0.4, -0.2) is 28.6 Å². The second kappa shape index (κ2) is 8.27. The van der Waals surface area contributed by atoms with Crippen LogP contribution in [0.5, 0.6) is 0 Å². The van der Waals surface area contributed by atoms with Crippen LogP contribution in [0.25, 0.3) is 0 Å². The molecule has 0 unspecified atom stereocenters. The van der Waals surface area contributed by atoms with Crippen LogP contribution < -0.4 is 10.6 Å². The number of nitrogens with one attached hydrogen (secondary N) is 3. The number of aromatic nitrogens is 2. The van der Waals surface area contributed by atoms with Crippen LogP contribution in [-0.2, 0) is 16.1 Å². The highest BCUT2D eigenvalue weighted by atomic mass is 16.2. The van der Waals surface area contributed by atoms with Gasteiger partial charge in [0.1, 0.15) is 0 Å². The van der Waals surface area contributed by atoms with Gasteiger partial charge in [0.05, 0.1) is 12.2 Å². The zero-order valence-electron chi connectivity index (χ0n) is 10.7. The van der Waals surface area contributed by atoms with Crippen LogP contribution in [0, 0.1) is 0 Å². The summed E-state index contributed by atoms with van der Waals surface area (Å²) < 4.78 is 0. The number of H-pyrrole nitrogens is 1. The summed E-state index contributed by atoms with van der Waals surface area (Å²) in [5.74, 6) is 0.0384. The molecule has 0 aromatic carbocycles. The lowest BCUT2D eigenvalue weighted by molar-refractivity contribution is -0.121. The molecule has 0 spiro atoms. The molecule has 3 N–H and O–H groups in total. The number of carbonyl (C=O) groups is 2. The number of nitrogens with zero attached hydrogens (tertiary/aromatic N) is 1. The molecule has 0 saturated heterocycles. The molecule has 0 aliphatic rings. The molecule has 0 saturated carbocycles. The molecule has 6 nitrogen and oxygen atoms in total. The molecule has 1 aromatic heterocycles. The highest BCUT2D eigenvalue weighted by Crippen LogP contribution is 1.99. The van der Waals surface area contributed by atoms with Gasteiger partial charge in [-0.2, -0.15) is 5.10 Å². The normalized spacial score (nSPS) is 10.1. The van der Waals surface area contributed by atoms with E-state index in [1.165, 1.54) is 6.92 Å². The molecule has 0 aliphatic carbocycles. The van der Waals surface area contributed by atoms with Crippen molar-refractivity contribution >= 4 is 11.8 Å². The average molecular weight is 252 g/mol. The van der Waals surface area contributed by atoms with Crippen LogP contribution in [0.4, 0.5) is 0 Å². The summed E-state index contributed by atoms with van der Waals surface area (Å²) in [5, 5.41) is 12.1. The van der Waals surface area contributed by atoms with Gasteiger partial charge in [-0.3, -0.25) is 14.7 Å². The maximum Gasteiger partial charge on any atom is 0.220 e. The first-order chi connectivity index (χ1) is 8.68. The van der Waals surface area contributed by atoms with E-state index >= 15 is 0 Å². The summed E-state index contributed by atoms with van der Waals surface area (Å²) in [6.45, 7) is 2.68. The third kappa shape index (κ3) is 6.67. The maximum atomic E-state index is 11.5. The van der Waals surface area contributed by atoms with Gasteiger partial charge < -0.3 is 10.6 Å². The first kappa shape index (κ1) is 14.2. The van der Waals surface area contributed by atoms with Gasteiger partial charge >= 0.3 is 0 Å². The van der Waals surface area contributed by atoms with Gasteiger partial charge in [0, 0.05) is 26.1 Å². The first-order valence-electron chi connectivity index (χ1n) is 6.18. The SMILES string of the molecule is CC(=O)NCCCCCC(=O)NCc1ccn[nH]1. The van der Waals surface area contributed by atoms with Crippen molar-refractivity contribution in [3.05, 3.63) is 18.0 Å². The molecule has 0 bridgehead atoms. The van der Waals surface area contributed by atoms with Gasteiger partial charge in [-0.15, -0.1) is 0 Å². The minimum atomic E-state index is -0.00713. The zero-order valence-corrected chi connectivity index (χ0v) is 10.7. The van der Waals surface area contributed by atoms with Crippen LogP contribution in [0.2, 0.25) is 0 Å². The molecule has 0 fully saturated rings. The number of hydrogen-bond donors (Lipinski definition) is 3. The van der Waals surface area contributed by atoms with Crippen molar-refractivity contribution < 1.29 is 9.59 Å². The average Bonchev–Trinajstić information content (AvgIpc) is 2.83. The molecule has 1 heterocycles. The Kier molecular flexibility index (Phi) is 6.53. The number of amides is 2. The molecule has 0 radical (unpaired) electrons. The van der Waals surface area contributed by atoms with Crippen LogP contribution >= 0.6 is 0 Å². The predicted molar refractivity (Wildman–Crippen MR) is 67.6 cm³/mol. The van der Waals surface area contributed by atoms with Crippen molar-refractivity contribution in [3.8, 4) is 0 Å². The Morgan fingerprint density at radius 3 is 2.78 bits per heavy atom. The van der Waals surface area contributed by atoms with Gasteiger partial charge in [-0.1, -0.05) is 6.42 Å². The first-order valence-corrected chi connectivity index (χ1v) is 6.18. The molecule has 1 rings (SSSR count). The Morgan fingerprint density at radius 2 is 2.11 bits per heavy atom. The Bertz CT molecular complexity index is 362. The van der Waals surface area contributed by atoms with Gasteiger partial charge in [-0.05, 0) is 18.9 Å². The lowest BCUT2D eigenvalue weighted by Gasteiger charge is -2.04. The predicted octanol–water partition coefficient (Wildman–Crippen LogP) is 0.722. The fraction of sp³-hybridized carbons (Fsp3) is 0.583. The second-order valence-corrected chi connectivity index (χ2v) is 4.15. The standard InChI is InChI=1S/C12H20N4O2/c1-10(17)13-7-4-2-3-5-12(18)14-9-11-6-8-15-16-11/h6,8H,2-5,7,9H2,1H3,(H,13,17)(H,14,18)(H,15,16). The highest BCUT2D eigenvalue weighted by molar-refractivity contribution is 5.75. The molecule has 6 heteroatoms. The lowest BCUT2D eigenvalue weighted by Crippen LogP contribution is -2.23. The molecule has 1 aromatic rings. The topological polar surface area (TPSA) is 86.9 Å². The number of carbonyl (C=O) groups excluding carboxylic acids is 2. The highest BCUT2D eigenvalue weighted by Gasteiger charge is 2.01. The van der Waals surface area contributed by atoms with E-state index in [0.717, 1.165) is 25.0 Å². The van der Waals surface area contributed by atoms with E-state index in [9.17, 15) is 9.59 Å². The Labute approximate surface area is 107 Å². The van der Waals surface area contributed by atoms with E-state index in [1.807, 2.05) is 6.07 Å². The number of unbranched alkanes of at least 4 members (excludes halogenated alkanes) is 2. The van der Waals surface area contributed by atoms with Crippen molar-refractivity contribution in [2.24, 2.45) is 0 Å². The molecule has 100 valence electrons. The van der Waals surface area contributed by atoms with Crippen molar-refractivity contribution in [1.29, 1.82) is 0 Å². The van der Waals surface area contributed by atoms with Crippen LogP contribution in [0.15, 0.2) is 12.3 Å². The largest absolute Gasteiger partial charge is 0.356 e. The smallest absolute Gasteiger partial charge is 0.220 e. The molecular formula is C12H20N4O2. The summed E-state index contributed by atoms with van der Waals surface area (Å²) in [6.07, 6.45) is 4.87. The fourth-order valence-corrected chi connectivity index (χ4v) is 1.52. The third-order valence-corrected chi connectivity index (χ3v) is 2.49. The molecule has 0 aliphatic heterocycles. The Morgan fingerprint density at radius 1 is 1.28 bits per heavy atom. The van der Waals surface area contributed by atoms with Crippen LogP contribution in [0.3, 0.4) is 0 Å². The van der Waals surface area contributed by atoms with E-state index in [2.05, 4.69) is 20.8 Å². The van der Waals surface area contributed by atoms with Crippen molar-refractivity contribution in [3.63, 3.8) is 0 Å². The number of hydrogen-bond acceptors (Lipinski definition) is 3. The minimum absolute atomic E-state index is 0.00713. The molecule has 2 amide bonds. The van der Waals surface area contributed by atoms with E-state index in [0.29, 0.717) is 19.5 Å². The van der Waals surface area contributed by atoms with E-state index in [-0.39, 0.29) is 11.8 Å². The van der Waals surface area contributed by atoms with Crippen LogP contribution in [0.1, 0.15) is 38.3 Å². The van der Waals surface area contributed by atoms with Gasteiger partial charge in [0.2, 0.25) is 11.8 Å². The maximum absolute atomic E-state index is 11.5. The van der Waals surface area contributed by atoms with Gasteiger partial charge in [-0.25, -0.2) is 0 Å². The summed E-state index contributed by atoms with van der Waals surface area (Å²) in [4.78, 5) is 22.1. The van der Waals surface area contributed by atoms with Gasteiger partial charge in [0.15, 0.2) is 0 Å².